The number of aromatic nitrogens is 6. The first kappa shape index (κ1) is 18.1. The number of carbonyl (C=O) groups is 1. The Labute approximate surface area is 166 Å². The molecule has 9 heteroatoms. The first-order chi connectivity index (χ1) is 13.4. The van der Waals surface area contributed by atoms with Crippen molar-refractivity contribution < 1.29 is 4.79 Å². The number of rotatable bonds is 4. The first-order valence-electron chi connectivity index (χ1n) is 8.76. The smallest absolute Gasteiger partial charge is 0.228 e. The third-order valence-electron chi connectivity index (χ3n) is 4.21. The second kappa shape index (κ2) is 7.05. The van der Waals surface area contributed by atoms with Gasteiger partial charge in [-0.05, 0) is 25.1 Å². The molecule has 0 unspecified atom stereocenters. The second-order valence-electron chi connectivity index (χ2n) is 6.70. The molecule has 0 saturated heterocycles. The molecule has 8 nitrogen and oxygen atoms in total. The van der Waals surface area contributed by atoms with Crippen LogP contribution in [0.2, 0.25) is 5.02 Å². The lowest BCUT2D eigenvalue weighted by Gasteiger charge is -2.10. The van der Waals surface area contributed by atoms with Crippen molar-refractivity contribution in [2.45, 2.75) is 20.8 Å². The number of fused-ring (bicyclic) bond motifs is 1. The summed E-state index contributed by atoms with van der Waals surface area (Å²) < 4.78 is 3.29. The number of nitrogens with one attached hydrogen (secondary N) is 1. The maximum Gasteiger partial charge on any atom is 0.228 e. The van der Waals surface area contributed by atoms with Crippen LogP contribution in [0.5, 0.6) is 0 Å². The summed E-state index contributed by atoms with van der Waals surface area (Å²) in [5.74, 6) is 0.831. The fourth-order valence-electron chi connectivity index (χ4n) is 2.82. The quantitative estimate of drug-likeness (QED) is 0.570. The van der Waals surface area contributed by atoms with Gasteiger partial charge in [0.05, 0.1) is 23.0 Å². The molecule has 0 saturated carbocycles. The van der Waals surface area contributed by atoms with Crippen LogP contribution in [-0.4, -0.2) is 35.4 Å². The summed E-state index contributed by atoms with van der Waals surface area (Å²) in [5.41, 5.74) is 2.16. The number of benzene rings is 1. The number of hydrogen-bond acceptors (Lipinski definition) is 5. The minimum absolute atomic E-state index is 0.0962. The van der Waals surface area contributed by atoms with Crippen LogP contribution in [0.3, 0.4) is 0 Å². The molecule has 4 rings (SSSR count). The van der Waals surface area contributed by atoms with Gasteiger partial charge >= 0.3 is 0 Å². The van der Waals surface area contributed by atoms with Gasteiger partial charge in [0.1, 0.15) is 12.1 Å². The van der Waals surface area contributed by atoms with Crippen molar-refractivity contribution in [3.63, 3.8) is 0 Å². The van der Waals surface area contributed by atoms with Gasteiger partial charge in [-0.3, -0.25) is 4.79 Å². The van der Waals surface area contributed by atoms with Crippen molar-refractivity contribution in [3.05, 3.63) is 53.6 Å². The molecule has 0 spiro atoms. The summed E-state index contributed by atoms with van der Waals surface area (Å²) >= 11 is 6.11. The molecule has 0 fully saturated rings. The van der Waals surface area contributed by atoms with Crippen molar-refractivity contribution >= 4 is 34.4 Å². The number of hydrogen-bond donors (Lipinski definition) is 1. The molecule has 0 aliphatic rings. The van der Waals surface area contributed by atoms with Gasteiger partial charge < -0.3 is 5.32 Å². The van der Waals surface area contributed by atoms with E-state index in [4.69, 9.17) is 11.6 Å². The molecule has 142 valence electrons. The van der Waals surface area contributed by atoms with E-state index in [-0.39, 0.29) is 11.8 Å². The SMILES string of the molecule is Cc1cc(NC(=O)C(C)C)n(-c2ncnc3c2cnn3-c2cccc(Cl)c2)n1. The van der Waals surface area contributed by atoms with Gasteiger partial charge in [-0.25, -0.2) is 14.6 Å². The summed E-state index contributed by atoms with van der Waals surface area (Å²) in [4.78, 5) is 20.9. The van der Waals surface area contributed by atoms with E-state index in [1.54, 1.807) is 27.7 Å². The van der Waals surface area contributed by atoms with E-state index >= 15 is 0 Å². The van der Waals surface area contributed by atoms with E-state index < -0.39 is 0 Å². The lowest BCUT2D eigenvalue weighted by atomic mass is 10.2. The Hall–Kier alpha value is -3.26. The number of halogens is 1. The largest absolute Gasteiger partial charge is 0.310 e. The first-order valence-corrected chi connectivity index (χ1v) is 9.14. The minimum atomic E-state index is -0.153. The highest BCUT2D eigenvalue weighted by Gasteiger charge is 2.18. The Balaban J connectivity index is 1.84. The second-order valence-corrected chi connectivity index (χ2v) is 7.13. The fraction of sp³-hybridized carbons (Fsp3) is 0.211. The number of carbonyl (C=O) groups excluding carboxylic acids is 1. The Morgan fingerprint density at radius 1 is 1.18 bits per heavy atom. The van der Waals surface area contributed by atoms with Crippen LogP contribution in [0.15, 0.2) is 42.9 Å². The lowest BCUT2D eigenvalue weighted by Crippen LogP contribution is -2.20. The fourth-order valence-corrected chi connectivity index (χ4v) is 3.00. The number of nitrogens with zero attached hydrogens (tertiary/aromatic N) is 6. The zero-order valence-corrected chi connectivity index (χ0v) is 16.3. The molecule has 1 amide bonds. The number of anilines is 1. The van der Waals surface area contributed by atoms with E-state index in [2.05, 4.69) is 25.5 Å². The maximum atomic E-state index is 12.2. The van der Waals surface area contributed by atoms with Crippen LogP contribution in [0, 0.1) is 12.8 Å². The predicted molar refractivity (Wildman–Crippen MR) is 107 cm³/mol. The van der Waals surface area contributed by atoms with Gasteiger partial charge in [0.15, 0.2) is 11.5 Å². The average molecular weight is 396 g/mol. The molecule has 0 aliphatic carbocycles. The van der Waals surface area contributed by atoms with Gasteiger partial charge in [0.25, 0.3) is 0 Å². The van der Waals surface area contributed by atoms with Crippen molar-refractivity contribution in [2.75, 3.05) is 5.32 Å². The average Bonchev–Trinajstić information content (AvgIpc) is 3.25. The Morgan fingerprint density at radius 3 is 2.75 bits per heavy atom. The van der Waals surface area contributed by atoms with Crippen LogP contribution >= 0.6 is 11.6 Å². The van der Waals surface area contributed by atoms with E-state index in [1.165, 1.54) is 6.33 Å². The van der Waals surface area contributed by atoms with Crippen LogP contribution in [0.1, 0.15) is 19.5 Å². The summed E-state index contributed by atoms with van der Waals surface area (Å²) in [6.45, 7) is 5.52. The zero-order chi connectivity index (χ0) is 19.8. The van der Waals surface area contributed by atoms with Crippen LogP contribution in [0.25, 0.3) is 22.5 Å². The van der Waals surface area contributed by atoms with Gasteiger partial charge in [-0.15, -0.1) is 0 Å². The minimum Gasteiger partial charge on any atom is -0.310 e. The molecule has 1 N–H and O–H groups in total. The molecule has 0 atom stereocenters. The van der Waals surface area contributed by atoms with Gasteiger partial charge in [0, 0.05) is 17.0 Å². The van der Waals surface area contributed by atoms with Gasteiger partial charge in [0.2, 0.25) is 5.91 Å². The monoisotopic (exact) mass is 395 g/mol. The molecule has 4 aromatic rings. The predicted octanol–water partition coefficient (Wildman–Crippen LogP) is 3.56. The van der Waals surface area contributed by atoms with E-state index in [0.29, 0.717) is 27.7 Å². The van der Waals surface area contributed by atoms with Crippen LogP contribution in [-0.2, 0) is 4.79 Å². The molecule has 0 radical (unpaired) electrons. The Morgan fingerprint density at radius 2 is 2.00 bits per heavy atom. The van der Waals surface area contributed by atoms with Crippen LogP contribution in [0.4, 0.5) is 5.82 Å². The third-order valence-corrected chi connectivity index (χ3v) is 4.44. The van der Waals surface area contributed by atoms with Crippen molar-refractivity contribution in [3.8, 4) is 11.5 Å². The molecule has 3 heterocycles. The van der Waals surface area contributed by atoms with Gasteiger partial charge in [-0.1, -0.05) is 31.5 Å². The molecule has 28 heavy (non-hydrogen) atoms. The molecule has 1 aromatic carbocycles. The van der Waals surface area contributed by atoms with Crippen molar-refractivity contribution in [1.82, 2.24) is 29.5 Å². The summed E-state index contributed by atoms with van der Waals surface area (Å²) in [5, 5.41) is 13.1. The highest BCUT2D eigenvalue weighted by atomic mass is 35.5. The zero-order valence-electron chi connectivity index (χ0n) is 15.6. The maximum absolute atomic E-state index is 12.2. The topological polar surface area (TPSA) is 90.5 Å². The molecule has 0 aliphatic heterocycles. The summed E-state index contributed by atoms with van der Waals surface area (Å²) in [7, 11) is 0. The van der Waals surface area contributed by atoms with Gasteiger partial charge in [-0.2, -0.15) is 14.9 Å². The molecular formula is C19H18ClN7O. The summed E-state index contributed by atoms with van der Waals surface area (Å²) in [6, 6.07) is 9.15. The standard InChI is InChI=1S/C19H18ClN7O/c1-11(2)19(28)24-16-7-12(3)25-27(16)18-15-9-23-26(17(15)21-10-22-18)14-6-4-5-13(20)8-14/h4-11H,1-3H3,(H,24,28). The normalized spacial score (nSPS) is 11.3. The Kier molecular flexibility index (Phi) is 4.56. The molecule has 3 aromatic heterocycles. The van der Waals surface area contributed by atoms with E-state index in [1.807, 2.05) is 39.0 Å². The van der Waals surface area contributed by atoms with Crippen molar-refractivity contribution in [1.29, 1.82) is 0 Å². The highest BCUT2D eigenvalue weighted by molar-refractivity contribution is 6.30. The number of amides is 1. The lowest BCUT2D eigenvalue weighted by molar-refractivity contribution is -0.118. The van der Waals surface area contributed by atoms with E-state index in [9.17, 15) is 4.79 Å². The summed E-state index contributed by atoms with van der Waals surface area (Å²) in [6.07, 6.45) is 3.13. The Bertz CT molecular complexity index is 1180. The van der Waals surface area contributed by atoms with Crippen molar-refractivity contribution in [2.24, 2.45) is 5.92 Å². The van der Waals surface area contributed by atoms with Crippen LogP contribution < -0.4 is 5.32 Å². The van der Waals surface area contributed by atoms with E-state index in [0.717, 1.165) is 11.4 Å². The molecule has 0 bridgehead atoms. The third kappa shape index (κ3) is 3.22. The number of aryl methyl sites for hydroxylation is 1. The molecular weight excluding hydrogens is 378 g/mol. The highest BCUT2D eigenvalue weighted by Crippen LogP contribution is 2.25.